The molecule has 0 heterocycles. The van der Waals surface area contributed by atoms with Crippen molar-refractivity contribution in [3.05, 3.63) is 35.4 Å². The standard InChI is InChI=1S/C15H24N2O2/c1-4-9-16-15(18)12(2)17-10-13-5-7-14(8-6-13)11-19-3/h5-8,12,17H,4,9-11H2,1-3H3,(H,16,18). The Balaban J connectivity index is 2.37. The number of rotatable bonds is 8. The Hall–Kier alpha value is -1.39. The highest BCUT2D eigenvalue weighted by Gasteiger charge is 2.10. The monoisotopic (exact) mass is 264 g/mol. The van der Waals surface area contributed by atoms with Crippen LogP contribution in [0.5, 0.6) is 0 Å². The van der Waals surface area contributed by atoms with Crippen LogP contribution in [-0.2, 0) is 22.7 Å². The summed E-state index contributed by atoms with van der Waals surface area (Å²) in [6, 6.07) is 8.02. The van der Waals surface area contributed by atoms with Crippen LogP contribution < -0.4 is 10.6 Å². The van der Waals surface area contributed by atoms with Crippen LogP contribution in [0, 0.1) is 0 Å². The maximum absolute atomic E-state index is 11.7. The number of hydrogen-bond acceptors (Lipinski definition) is 3. The fourth-order valence-electron chi connectivity index (χ4n) is 1.68. The van der Waals surface area contributed by atoms with E-state index in [-0.39, 0.29) is 11.9 Å². The van der Waals surface area contributed by atoms with Crippen molar-refractivity contribution in [2.24, 2.45) is 0 Å². The van der Waals surface area contributed by atoms with Gasteiger partial charge in [-0.25, -0.2) is 0 Å². The molecule has 1 rings (SSSR count). The fraction of sp³-hybridized carbons (Fsp3) is 0.533. The molecule has 0 spiro atoms. The minimum Gasteiger partial charge on any atom is -0.380 e. The molecule has 0 bridgehead atoms. The van der Waals surface area contributed by atoms with E-state index >= 15 is 0 Å². The van der Waals surface area contributed by atoms with Crippen LogP contribution in [0.25, 0.3) is 0 Å². The summed E-state index contributed by atoms with van der Waals surface area (Å²) < 4.78 is 5.07. The molecular weight excluding hydrogens is 240 g/mol. The lowest BCUT2D eigenvalue weighted by Crippen LogP contribution is -2.42. The lowest BCUT2D eigenvalue weighted by molar-refractivity contribution is -0.122. The molecule has 0 aliphatic carbocycles. The first kappa shape index (κ1) is 15.7. The van der Waals surface area contributed by atoms with Gasteiger partial charge in [-0.15, -0.1) is 0 Å². The van der Waals surface area contributed by atoms with Gasteiger partial charge in [0, 0.05) is 20.2 Å². The third-order valence-electron chi connectivity index (χ3n) is 2.89. The van der Waals surface area contributed by atoms with Crippen molar-refractivity contribution in [3.8, 4) is 0 Å². The van der Waals surface area contributed by atoms with Crippen molar-refractivity contribution < 1.29 is 9.53 Å². The molecule has 0 aliphatic rings. The molecule has 0 fully saturated rings. The lowest BCUT2D eigenvalue weighted by Gasteiger charge is -2.14. The van der Waals surface area contributed by atoms with Crippen LogP contribution in [-0.4, -0.2) is 25.6 Å². The summed E-state index contributed by atoms with van der Waals surface area (Å²) >= 11 is 0. The van der Waals surface area contributed by atoms with Crippen molar-refractivity contribution in [1.82, 2.24) is 10.6 Å². The topological polar surface area (TPSA) is 50.4 Å². The van der Waals surface area contributed by atoms with E-state index in [1.165, 1.54) is 0 Å². The Kier molecular flexibility index (Phi) is 7.15. The van der Waals surface area contributed by atoms with Gasteiger partial charge >= 0.3 is 0 Å². The summed E-state index contributed by atoms with van der Waals surface area (Å²) in [5.41, 5.74) is 2.31. The summed E-state index contributed by atoms with van der Waals surface area (Å²) in [5, 5.41) is 6.09. The average molecular weight is 264 g/mol. The molecule has 1 aromatic carbocycles. The van der Waals surface area contributed by atoms with Crippen LogP contribution in [0.2, 0.25) is 0 Å². The van der Waals surface area contributed by atoms with Gasteiger partial charge in [-0.2, -0.15) is 0 Å². The molecule has 1 unspecified atom stereocenters. The maximum atomic E-state index is 11.7. The second-order valence-electron chi connectivity index (χ2n) is 4.64. The first-order chi connectivity index (χ1) is 9.17. The molecule has 1 atom stereocenters. The number of carbonyl (C=O) groups is 1. The molecular formula is C15H24N2O2. The van der Waals surface area contributed by atoms with Crippen LogP contribution in [0.4, 0.5) is 0 Å². The summed E-state index contributed by atoms with van der Waals surface area (Å²) in [6.07, 6.45) is 0.958. The van der Waals surface area contributed by atoms with E-state index in [2.05, 4.69) is 22.8 Å². The van der Waals surface area contributed by atoms with Gasteiger partial charge in [0.2, 0.25) is 5.91 Å². The zero-order valence-electron chi connectivity index (χ0n) is 12.0. The summed E-state index contributed by atoms with van der Waals surface area (Å²) in [6.45, 7) is 5.97. The van der Waals surface area contributed by atoms with Gasteiger partial charge in [0.05, 0.1) is 12.6 Å². The number of hydrogen-bond donors (Lipinski definition) is 2. The van der Waals surface area contributed by atoms with Gasteiger partial charge in [-0.1, -0.05) is 31.2 Å². The number of ether oxygens (including phenoxy) is 1. The molecule has 106 valence electrons. The Labute approximate surface area is 115 Å². The van der Waals surface area contributed by atoms with Crippen molar-refractivity contribution >= 4 is 5.91 Å². The average Bonchev–Trinajstić information content (AvgIpc) is 2.44. The van der Waals surface area contributed by atoms with E-state index in [1.807, 2.05) is 26.0 Å². The molecule has 2 N–H and O–H groups in total. The predicted octanol–water partition coefficient (Wildman–Crippen LogP) is 1.84. The van der Waals surface area contributed by atoms with Gasteiger partial charge in [-0.3, -0.25) is 4.79 Å². The predicted molar refractivity (Wildman–Crippen MR) is 76.8 cm³/mol. The zero-order valence-corrected chi connectivity index (χ0v) is 12.0. The second kappa shape index (κ2) is 8.67. The molecule has 4 heteroatoms. The molecule has 0 saturated heterocycles. The van der Waals surface area contributed by atoms with E-state index in [1.54, 1.807) is 7.11 Å². The van der Waals surface area contributed by atoms with Gasteiger partial charge in [0.25, 0.3) is 0 Å². The SMILES string of the molecule is CCCNC(=O)C(C)NCc1ccc(COC)cc1. The Morgan fingerprint density at radius 2 is 1.89 bits per heavy atom. The molecule has 0 aromatic heterocycles. The molecule has 1 aromatic rings. The highest BCUT2D eigenvalue weighted by molar-refractivity contribution is 5.81. The number of methoxy groups -OCH3 is 1. The van der Waals surface area contributed by atoms with E-state index in [0.29, 0.717) is 13.2 Å². The number of benzene rings is 1. The number of carbonyl (C=O) groups excluding carboxylic acids is 1. The quantitative estimate of drug-likeness (QED) is 0.753. The Bertz CT molecular complexity index is 376. The van der Waals surface area contributed by atoms with Gasteiger partial charge < -0.3 is 15.4 Å². The van der Waals surface area contributed by atoms with Crippen LogP contribution in [0.15, 0.2) is 24.3 Å². The largest absolute Gasteiger partial charge is 0.380 e. The summed E-state index contributed by atoms with van der Waals surface area (Å²) in [7, 11) is 1.69. The minimum atomic E-state index is -0.176. The van der Waals surface area contributed by atoms with E-state index in [4.69, 9.17) is 4.74 Å². The minimum absolute atomic E-state index is 0.0536. The Morgan fingerprint density at radius 1 is 1.26 bits per heavy atom. The van der Waals surface area contributed by atoms with Crippen molar-refractivity contribution in [3.63, 3.8) is 0 Å². The first-order valence-electron chi connectivity index (χ1n) is 6.75. The van der Waals surface area contributed by atoms with Gasteiger partial charge in [0.1, 0.15) is 0 Å². The molecule has 1 amide bonds. The normalized spacial score (nSPS) is 12.2. The highest BCUT2D eigenvalue weighted by Crippen LogP contribution is 2.05. The van der Waals surface area contributed by atoms with E-state index in [0.717, 1.165) is 24.1 Å². The maximum Gasteiger partial charge on any atom is 0.236 e. The number of amides is 1. The van der Waals surface area contributed by atoms with Crippen LogP contribution in [0.1, 0.15) is 31.4 Å². The molecule has 0 aliphatic heterocycles. The fourth-order valence-corrected chi connectivity index (χ4v) is 1.68. The summed E-state index contributed by atoms with van der Waals surface area (Å²) in [4.78, 5) is 11.7. The Morgan fingerprint density at radius 3 is 2.47 bits per heavy atom. The van der Waals surface area contributed by atoms with E-state index < -0.39 is 0 Å². The van der Waals surface area contributed by atoms with E-state index in [9.17, 15) is 4.79 Å². The molecule has 19 heavy (non-hydrogen) atoms. The van der Waals surface area contributed by atoms with Gasteiger partial charge in [0.15, 0.2) is 0 Å². The van der Waals surface area contributed by atoms with Crippen molar-refractivity contribution in [2.75, 3.05) is 13.7 Å². The molecule has 0 radical (unpaired) electrons. The second-order valence-corrected chi connectivity index (χ2v) is 4.64. The van der Waals surface area contributed by atoms with Crippen molar-refractivity contribution in [1.29, 1.82) is 0 Å². The number of nitrogens with one attached hydrogen (secondary N) is 2. The van der Waals surface area contributed by atoms with Gasteiger partial charge in [-0.05, 0) is 24.5 Å². The van der Waals surface area contributed by atoms with Crippen molar-refractivity contribution in [2.45, 2.75) is 39.5 Å². The smallest absolute Gasteiger partial charge is 0.236 e. The lowest BCUT2D eigenvalue weighted by atomic mass is 10.1. The first-order valence-corrected chi connectivity index (χ1v) is 6.75. The summed E-state index contributed by atoms with van der Waals surface area (Å²) in [5.74, 6) is 0.0536. The van der Waals surface area contributed by atoms with Crippen LogP contribution in [0.3, 0.4) is 0 Å². The molecule has 4 nitrogen and oxygen atoms in total. The third kappa shape index (κ3) is 5.85. The highest BCUT2D eigenvalue weighted by atomic mass is 16.5. The zero-order chi connectivity index (χ0) is 14.1. The van der Waals surface area contributed by atoms with Crippen LogP contribution >= 0.6 is 0 Å². The molecule has 0 saturated carbocycles. The third-order valence-corrected chi connectivity index (χ3v) is 2.89.